The van der Waals surface area contributed by atoms with Gasteiger partial charge in [0.05, 0.1) is 16.2 Å². The van der Waals surface area contributed by atoms with E-state index in [2.05, 4.69) is 15.9 Å². The largest absolute Gasteiger partial charge is 0.382 e. The van der Waals surface area contributed by atoms with Gasteiger partial charge in [-0.3, -0.25) is 14.2 Å². The van der Waals surface area contributed by atoms with Gasteiger partial charge in [0.1, 0.15) is 0 Å². The maximum atomic E-state index is 13.2. The monoisotopic (exact) mass is 497 g/mol. The summed E-state index contributed by atoms with van der Waals surface area (Å²) in [6, 6.07) is 5.71. The van der Waals surface area contributed by atoms with Crippen molar-refractivity contribution in [1.29, 1.82) is 0 Å². The zero-order chi connectivity index (χ0) is 22.4. The van der Waals surface area contributed by atoms with Crippen molar-refractivity contribution in [3.8, 4) is 0 Å². The number of hydrogen-bond acceptors (Lipinski definition) is 5. The molecule has 0 fully saturated rings. The zero-order valence-corrected chi connectivity index (χ0v) is 21.0. The fourth-order valence-corrected chi connectivity index (χ4v) is 4.80. The highest BCUT2D eigenvalue weighted by molar-refractivity contribution is 9.10. The summed E-state index contributed by atoms with van der Waals surface area (Å²) < 4.78 is 7.95. The van der Waals surface area contributed by atoms with Crippen LogP contribution in [0, 0.1) is 0 Å². The summed E-state index contributed by atoms with van der Waals surface area (Å²) in [7, 11) is 0. The van der Waals surface area contributed by atoms with E-state index in [4.69, 9.17) is 9.72 Å². The van der Waals surface area contributed by atoms with Gasteiger partial charge in [-0.05, 0) is 66.2 Å². The molecule has 0 saturated heterocycles. The van der Waals surface area contributed by atoms with Crippen LogP contribution >= 0.6 is 27.7 Å². The van der Waals surface area contributed by atoms with E-state index in [0.29, 0.717) is 42.2 Å². The van der Waals surface area contributed by atoms with Crippen molar-refractivity contribution in [2.45, 2.75) is 77.0 Å². The molecule has 0 bridgehead atoms. The van der Waals surface area contributed by atoms with Crippen LogP contribution in [-0.2, 0) is 16.1 Å². The maximum absolute atomic E-state index is 13.2. The SMILES string of the molecule is CCOCCCn1c(SC(C)C(=O)N(C(C)C)C(C)C)nc2ccc(Br)cc2c1=O. The number of ether oxygens (including phenoxy) is 1. The average molecular weight is 498 g/mol. The normalized spacial score (nSPS) is 12.7. The second-order valence-electron chi connectivity index (χ2n) is 7.76. The van der Waals surface area contributed by atoms with Crippen LogP contribution in [0.4, 0.5) is 0 Å². The molecule has 1 aromatic heterocycles. The van der Waals surface area contributed by atoms with Crippen LogP contribution < -0.4 is 5.56 Å². The number of hydrogen-bond donors (Lipinski definition) is 0. The zero-order valence-electron chi connectivity index (χ0n) is 18.6. The molecule has 0 spiro atoms. The Morgan fingerprint density at radius 3 is 2.50 bits per heavy atom. The first-order chi connectivity index (χ1) is 14.2. The molecule has 0 N–H and O–H groups in total. The smallest absolute Gasteiger partial charge is 0.262 e. The topological polar surface area (TPSA) is 64.4 Å². The van der Waals surface area contributed by atoms with Crippen molar-refractivity contribution in [2.75, 3.05) is 13.2 Å². The second kappa shape index (κ2) is 11.3. The minimum absolute atomic E-state index is 0.0519. The Morgan fingerprint density at radius 2 is 1.90 bits per heavy atom. The number of halogens is 1. The van der Waals surface area contributed by atoms with E-state index in [1.54, 1.807) is 10.6 Å². The lowest BCUT2D eigenvalue weighted by Crippen LogP contribution is -2.45. The van der Waals surface area contributed by atoms with Crippen molar-refractivity contribution < 1.29 is 9.53 Å². The number of carbonyl (C=O) groups excluding carboxylic acids is 1. The van der Waals surface area contributed by atoms with E-state index in [9.17, 15) is 9.59 Å². The van der Waals surface area contributed by atoms with Crippen molar-refractivity contribution >= 4 is 44.5 Å². The number of rotatable bonds is 10. The van der Waals surface area contributed by atoms with Crippen molar-refractivity contribution in [3.63, 3.8) is 0 Å². The van der Waals surface area contributed by atoms with Crippen LogP contribution in [0.2, 0.25) is 0 Å². The van der Waals surface area contributed by atoms with Crippen molar-refractivity contribution in [2.24, 2.45) is 0 Å². The summed E-state index contributed by atoms with van der Waals surface area (Å²) in [4.78, 5) is 32.9. The molecule has 0 aliphatic carbocycles. The first-order valence-corrected chi connectivity index (χ1v) is 12.1. The van der Waals surface area contributed by atoms with Gasteiger partial charge in [0.2, 0.25) is 5.91 Å². The second-order valence-corrected chi connectivity index (χ2v) is 9.98. The highest BCUT2D eigenvalue weighted by Gasteiger charge is 2.27. The third-order valence-electron chi connectivity index (χ3n) is 4.75. The first-order valence-electron chi connectivity index (χ1n) is 10.4. The molecule has 8 heteroatoms. The predicted octanol–water partition coefficient (Wildman–Crippen LogP) is 4.71. The van der Waals surface area contributed by atoms with Crippen molar-refractivity contribution in [1.82, 2.24) is 14.5 Å². The number of aromatic nitrogens is 2. The van der Waals surface area contributed by atoms with E-state index in [1.165, 1.54) is 11.8 Å². The van der Waals surface area contributed by atoms with E-state index in [1.807, 2.05) is 58.6 Å². The highest BCUT2D eigenvalue weighted by Crippen LogP contribution is 2.26. The van der Waals surface area contributed by atoms with Crippen LogP contribution in [0.25, 0.3) is 10.9 Å². The van der Waals surface area contributed by atoms with Crippen LogP contribution in [0.15, 0.2) is 32.6 Å². The molecule has 0 aliphatic rings. The summed E-state index contributed by atoms with van der Waals surface area (Å²) in [5.41, 5.74) is 0.542. The molecule has 1 amide bonds. The van der Waals surface area contributed by atoms with Gasteiger partial charge in [-0.25, -0.2) is 4.98 Å². The van der Waals surface area contributed by atoms with E-state index < -0.39 is 0 Å². The van der Waals surface area contributed by atoms with Crippen LogP contribution in [0.5, 0.6) is 0 Å². The number of carbonyl (C=O) groups is 1. The van der Waals surface area contributed by atoms with Gasteiger partial charge in [-0.15, -0.1) is 0 Å². The molecule has 0 radical (unpaired) electrons. The predicted molar refractivity (Wildman–Crippen MR) is 127 cm³/mol. The maximum Gasteiger partial charge on any atom is 0.262 e. The molecule has 1 unspecified atom stereocenters. The van der Waals surface area contributed by atoms with E-state index in [0.717, 1.165) is 4.47 Å². The fraction of sp³-hybridized carbons (Fsp3) is 0.591. The molecule has 30 heavy (non-hydrogen) atoms. The van der Waals surface area contributed by atoms with E-state index >= 15 is 0 Å². The Balaban J connectivity index is 2.41. The lowest BCUT2D eigenvalue weighted by molar-refractivity contribution is -0.133. The van der Waals surface area contributed by atoms with Crippen LogP contribution in [-0.4, -0.2) is 50.9 Å². The molecule has 1 aromatic carbocycles. The summed E-state index contributed by atoms with van der Waals surface area (Å²) >= 11 is 4.78. The standard InChI is InChI=1S/C22H32BrN3O3S/c1-7-29-12-8-11-25-21(28)18-13-17(23)9-10-19(18)24-22(25)30-16(6)20(27)26(14(2)3)15(4)5/h9-10,13-16H,7-8,11-12H2,1-6H3. The molecule has 1 atom stereocenters. The minimum atomic E-state index is -0.354. The minimum Gasteiger partial charge on any atom is -0.382 e. The summed E-state index contributed by atoms with van der Waals surface area (Å²) in [5.74, 6) is 0.0519. The van der Waals surface area contributed by atoms with Gasteiger partial charge in [-0.1, -0.05) is 27.7 Å². The lowest BCUT2D eigenvalue weighted by atomic mass is 10.2. The number of benzene rings is 1. The third-order valence-corrected chi connectivity index (χ3v) is 6.32. The summed E-state index contributed by atoms with van der Waals surface area (Å²) in [6.07, 6.45) is 0.703. The summed E-state index contributed by atoms with van der Waals surface area (Å²) in [5, 5.41) is 0.780. The molecule has 2 rings (SSSR count). The number of nitrogens with zero attached hydrogens (tertiary/aromatic N) is 3. The number of amides is 1. The Labute approximate surface area is 191 Å². The van der Waals surface area contributed by atoms with Crippen LogP contribution in [0.1, 0.15) is 48.0 Å². The Kier molecular flexibility index (Phi) is 9.37. The van der Waals surface area contributed by atoms with Crippen molar-refractivity contribution in [3.05, 3.63) is 33.0 Å². The lowest BCUT2D eigenvalue weighted by Gasteiger charge is -2.33. The molecule has 2 aromatic rings. The van der Waals surface area contributed by atoms with Gasteiger partial charge in [0.25, 0.3) is 5.56 Å². The molecular formula is C22H32BrN3O3S. The Bertz CT molecular complexity index is 922. The number of thioether (sulfide) groups is 1. The van der Waals surface area contributed by atoms with E-state index in [-0.39, 0.29) is 28.8 Å². The third kappa shape index (κ3) is 6.08. The van der Waals surface area contributed by atoms with Gasteiger partial charge in [-0.2, -0.15) is 0 Å². The molecule has 0 saturated carbocycles. The van der Waals surface area contributed by atoms with Gasteiger partial charge in [0.15, 0.2) is 5.16 Å². The molecular weight excluding hydrogens is 466 g/mol. The molecule has 1 heterocycles. The van der Waals surface area contributed by atoms with Gasteiger partial charge in [0, 0.05) is 36.3 Å². The quantitative estimate of drug-likeness (QED) is 0.270. The molecule has 166 valence electrons. The number of fused-ring (bicyclic) bond motifs is 1. The van der Waals surface area contributed by atoms with Gasteiger partial charge >= 0.3 is 0 Å². The van der Waals surface area contributed by atoms with Gasteiger partial charge < -0.3 is 9.64 Å². The highest BCUT2D eigenvalue weighted by atomic mass is 79.9. The summed E-state index contributed by atoms with van der Waals surface area (Å²) in [6.45, 7) is 13.6. The Hall–Kier alpha value is -1.38. The average Bonchev–Trinajstić information content (AvgIpc) is 2.67. The first kappa shape index (κ1) is 24.9. The Morgan fingerprint density at radius 1 is 1.23 bits per heavy atom. The molecule has 0 aliphatic heterocycles. The molecule has 6 nitrogen and oxygen atoms in total. The van der Waals surface area contributed by atoms with Crippen LogP contribution in [0.3, 0.4) is 0 Å². The fourth-order valence-electron chi connectivity index (χ4n) is 3.45.